The number of nitrogens with zero attached hydrogens (tertiary/aromatic N) is 3. The van der Waals surface area contributed by atoms with E-state index in [4.69, 9.17) is 4.98 Å². The van der Waals surface area contributed by atoms with Crippen LogP contribution in [0.25, 0.3) is 10.9 Å². The number of aryl methyl sites for hydroxylation is 1. The van der Waals surface area contributed by atoms with Gasteiger partial charge in [0.1, 0.15) is 10.7 Å². The lowest BCUT2D eigenvalue weighted by Gasteiger charge is -2.23. The predicted molar refractivity (Wildman–Crippen MR) is 148 cm³/mol. The van der Waals surface area contributed by atoms with E-state index in [0.717, 1.165) is 16.7 Å². The van der Waals surface area contributed by atoms with Gasteiger partial charge in [-0.15, -0.1) is 0 Å². The molecule has 0 fully saturated rings. The number of benzene rings is 3. The van der Waals surface area contributed by atoms with Gasteiger partial charge in [-0.1, -0.05) is 24.3 Å². The number of fused-ring (bicyclic) bond motifs is 2. The molecule has 13 heteroatoms. The topological polar surface area (TPSA) is 113 Å². The number of hydrogen-bond donors (Lipinski definition) is 2. The number of nitrogens with one attached hydrogen (secondary N) is 2. The van der Waals surface area contributed by atoms with E-state index >= 15 is 0 Å². The molecule has 3 aromatic carbocycles. The number of sulfonamides is 1. The fourth-order valence-corrected chi connectivity index (χ4v) is 6.16. The molecule has 9 nitrogen and oxygen atoms in total. The zero-order valence-corrected chi connectivity index (χ0v) is 23.1. The molecule has 0 bridgehead atoms. The molecular weight excluding hydrogens is 559 g/mol. The number of carbonyl (C=O) groups is 1. The summed E-state index contributed by atoms with van der Waals surface area (Å²) >= 11 is 0. The first-order valence-corrected chi connectivity index (χ1v) is 14.1. The highest BCUT2D eigenvalue weighted by molar-refractivity contribution is 7.90. The summed E-state index contributed by atoms with van der Waals surface area (Å²) in [5.74, 6) is -1.90. The number of aromatic nitrogens is 2. The minimum absolute atomic E-state index is 0.0605. The number of halogens is 3. The fourth-order valence-electron chi connectivity index (χ4n) is 5.02. The lowest BCUT2D eigenvalue weighted by molar-refractivity contribution is -0.129. The van der Waals surface area contributed by atoms with Crippen LogP contribution in [0.2, 0.25) is 0 Å². The third kappa shape index (κ3) is 5.36. The minimum Gasteiger partial charge on any atom is -0.377 e. The molecule has 0 saturated heterocycles. The second-order valence-corrected chi connectivity index (χ2v) is 11.6. The van der Waals surface area contributed by atoms with Crippen molar-refractivity contribution in [2.24, 2.45) is 7.05 Å². The number of hydrogen-bond acceptors (Lipinski definition) is 7. The van der Waals surface area contributed by atoms with Crippen LogP contribution in [0.5, 0.6) is 0 Å². The summed E-state index contributed by atoms with van der Waals surface area (Å²) in [6, 6.07) is 13.1. The molecule has 214 valence electrons. The maximum atomic E-state index is 13.8. The van der Waals surface area contributed by atoms with E-state index in [9.17, 15) is 31.2 Å². The smallest absolute Gasteiger partial charge is 0.316 e. The van der Waals surface area contributed by atoms with E-state index in [0.29, 0.717) is 35.5 Å². The van der Waals surface area contributed by atoms with Crippen LogP contribution in [0.3, 0.4) is 0 Å². The summed E-state index contributed by atoms with van der Waals surface area (Å²) in [5, 5.41) is 3.43. The Morgan fingerprint density at radius 3 is 2.49 bits per heavy atom. The number of amides is 1. The van der Waals surface area contributed by atoms with Gasteiger partial charge in [-0.05, 0) is 60.9 Å². The van der Waals surface area contributed by atoms with E-state index in [1.54, 1.807) is 32.2 Å². The zero-order chi connectivity index (χ0) is 29.6. The molecule has 2 N–H and O–H groups in total. The Balaban J connectivity index is 1.55. The van der Waals surface area contributed by atoms with Gasteiger partial charge in [0.25, 0.3) is 15.6 Å². The average Bonchev–Trinajstić information content (AvgIpc) is 3.33. The van der Waals surface area contributed by atoms with Gasteiger partial charge >= 0.3 is 12.3 Å². The number of anilines is 2. The third-order valence-electron chi connectivity index (χ3n) is 6.95. The van der Waals surface area contributed by atoms with Crippen LogP contribution >= 0.6 is 0 Å². The SMILES string of the molecule is Cc1cc([C@H](C)Nc2ccccc2S(=O)(=O)NC(=O)C(F)F)c2nc(N3Cc4ccc(F)cc4C3)n(C)c(=O)c2c1. The van der Waals surface area contributed by atoms with Gasteiger partial charge in [0.2, 0.25) is 5.95 Å². The first-order valence-electron chi connectivity index (χ1n) is 12.6. The Hall–Kier alpha value is -4.39. The Morgan fingerprint density at radius 2 is 1.76 bits per heavy atom. The first kappa shape index (κ1) is 28.1. The van der Waals surface area contributed by atoms with Crippen molar-refractivity contribution in [3.8, 4) is 0 Å². The van der Waals surface area contributed by atoms with Crippen LogP contribution in [0, 0.1) is 12.7 Å². The van der Waals surface area contributed by atoms with E-state index in [-0.39, 0.29) is 17.1 Å². The minimum atomic E-state index is -4.62. The van der Waals surface area contributed by atoms with Gasteiger partial charge in [0, 0.05) is 25.7 Å². The fraction of sp³-hybridized carbons (Fsp3) is 0.250. The molecule has 1 aliphatic rings. The molecular formula is C28H26F3N5O4S. The molecule has 0 radical (unpaired) electrons. The first-order chi connectivity index (χ1) is 19.4. The predicted octanol–water partition coefficient (Wildman–Crippen LogP) is 4.14. The van der Waals surface area contributed by atoms with Crippen molar-refractivity contribution in [1.82, 2.24) is 14.3 Å². The number of carbonyl (C=O) groups excluding carboxylic acids is 1. The van der Waals surface area contributed by atoms with Crippen LogP contribution in [-0.2, 0) is 35.0 Å². The van der Waals surface area contributed by atoms with Gasteiger partial charge in [-0.2, -0.15) is 8.78 Å². The number of para-hydroxylation sites is 1. The van der Waals surface area contributed by atoms with Gasteiger partial charge in [0.15, 0.2) is 0 Å². The molecule has 0 aliphatic carbocycles. The van der Waals surface area contributed by atoms with Crippen LogP contribution in [0.1, 0.15) is 35.2 Å². The van der Waals surface area contributed by atoms with Crippen molar-refractivity contribution in [2.75, 3.05) is 10.2 Å². The van der Waals surface area contributed by atoms with E-state index in [1.165, 1.54) is 39.6 Å². The maximum absolute atomic E-state index is 13.8. The second kappa shape index (κ2) is 10.5. The maximum Gasteiger partial charge on any atom is 0.316 e. The Morgan fingerprint density at radius 1 is 1.05 bits per heavy atom. The van der Waals surface area contributed by atoms with Crippen LogP contribution in [-0.4, -0.2) is 30.3 Å². The van der Waals surface area contributed by atoms with Crippen LogP contribution in [0.15, 0.2) is 64.3 Å². The summed E-state index contributed by atoms with van der Waals surface area (Å²) in [4.78, 5) is 31.3. The van der Waals surface area contributed by atoms with E-state index in [1.807, 2.05) is 17.9 Å². The molecule has 1 aliphatic heterocycles. The van der Waals surface area contributed by atoms with Crippen molar-refractivity contribution >= 4 is 38.5 Å². The number of rotatable bonds is 7. The Labute approximate surface area is 233 Å². The van der Waals surface area contributed by atoms with Crippen molar-refractivity contribution in [3.05, 3.63) is 93.0 Å². The molecule has 41 heavy (non-hydrogen) atoms. The standard InChI is InChI=1S/C28H26F3N5O4S/c1-15-10-20(16(2)32-22-6-4-5-7-23(22)41(39,40)34-26(37)25(30)31)24-21(11-15)27(38)35(3)28(33-24)36-13-17-8-9-19(29)12-18(17)14-36/h4-12,16,25,32H,13-14H2,1-3H3,(H,34,37)/t16-/m0/s1. The quantitative estimate of drug-likeness (QED) is 0.335. The van der Waals surface area contributed by atoms with E-state index in [2.05, 4.69) is 5.32 Å². The highest BCUT2D eigenvalue weighted by Gasteiger charge is 2.28. The molecule has 5 rings (SSSR count). The lowest BCUT2D eigenvalue weighted by atomic mass is 10.0. The van der Waals surface area contributed by atoms with Gasteiger partial charge < -0.3 is 10.2 Å². The summed E-state index contributed by atoms with van der Waals surface area (Å²) in [5.41, 5.74) is 3.24. The second-order valence-electron chi connectivity index (χ2n) is 9.93. The van der Waals surface area contributed by atoms with Gasteiger partial charge in [-0.3, -0.25) is 14.2 Å². The molecule has 0 unspecified atom stereocenters. The van der Waals surface area contributed by atoms with E-state index < -0.39 is 33.3 Å². The molecule has 1 aromatic heterocycles. The monoisotopic (exact) mass is 585 g/mol. The molecule has 1 atom stereocenters. The third-order valence-corrected chi connectivity index (χ3v) is 8.36. The highest BCUT2D eigenvalue weighted by Crippen LogP contribution is 2.32. The summed E-state index contributed by atoms with van der Waals surface area (Å²) in [6.07, 6.45) is -3.51. The van der Waals surface area contributed by atoms with Crippen molar-refractivity contribution in [3.63, 3.8) is 0 Å². The molecule has 4 aromatic rings. The van der Waals surface area contributed by atoms with Crippen molar-refractivity contribution in [1.29, 1.82) is 0 Å². The molecule has 2 heterocycles. The Bertz CT molecular complexity index is 1860. The molecule has 1 amide bonds. The molecule has 0 saturated carbocycles. The molecule has 0 spiro atoms. The normalized spacial score (nSPS) is 13.9. The van der Waals surface area contributed by atoms with Crippen molar-refractivity contribution < 1.29 is 26.4 Å². The van der Waals surface area contributed by atoms with Crippen LogP contribution < -0.4 is 20.5 Å². The lowest BCUT2D eigenvalue weighted by Crippen LogP contribution is -2.35. The zero-order valence-electron chi connectivity index (χ0n) is 22.3. The average molecular weight is 586 g/mol. The van der Waals surface area contributed by atoms with Crippen molar-refractivity contribution in [2.45, 2.75) is 44.3 Å². The summed E-state index contributed by atoms with van der Waals surface area (Å²) < 4.78 is 67.6. The summed E-state index contributed by atoms with van der Waals surface area (Å²) in [7, 11) is -3.00. The Kier molecular flexibility index (Phi) is 7.24. The highest BCUT2D eigenvalue weighted by atomic mass is 32.2. The van der Waals surface area contributed by atoms with Crippen LogP contribution in [0.4, 0.5) is 24.8 Å². The largest absolute Gasteiger partial charge is 0.377 e. The van der Waals surface area contributed by atoms with Gasteiger partial charge in [-0.25, -0.2) is 22.5 Å². The number of alkyl halides is 2. The summed E-state index contributed by atoms with van der Waals surface area (Å²) in [6.45, 7) is 4.35. The van der Waals surface area contributed by atoms with Gasteiger partial charge in [0.05, 0.1) is 22.6 Å².